The Morgan fingerprint density at radius 2 is 1.79 bits per heavy atom. The smallest absolute Gasteiger partial charge is 0.282 e. The van der Waals surface area contributed by atoms with Crippen molar-refractivity contribution in [3.8, 4) is 17.3 Å². The fourth-order valence-corrected chi connectivity index (χ4v) is 4.63. The van der Waals surface area contributed by atoms with Crippen LogP contribution in [0.1, 0.15) is 5.56 Å². The summed E-state index contributed by atoms with van der Waals surface area (Å²) in [5.74, 6) is 0.723. The summed E-state index contributed by atoms with van der Waals surface area (Å²) in [5, 5.41) is 9.21. The van der Waals surface area contributed by atoms with Gasteiger partial charge in [-0.25, -0.2) is 4.98 Å². The average Bonchev–Trinajstić information content (AvgIpc) is 3.45. The van der Waals surface area contributed by atoms with Crippen LogP contribution >= 0.6 is 11.6 Å². The normalized spacial score (nSPS) is 11.3. The first-order valence-electron chi connectivity index (χ1n) is 13.4. The Labute approximate surface area is 251 Å². The van der Waals surface area contributed by atoms with Crippen molar-refractivity contribution in [2.75, 3.05) is 30.9 Å². The van der Waals surface area contributed by atoms with Crippen LogP contribution in [0.25, 0.3) is 33.5 Å². The molecule has 0 aliphatic carbocycles. The van der Waals surface area contributed by atoms with Crippen LogP contribution in [0.3, 0.4) is 0 Å². The predicted molar refractivity (Wildman–Crippen MR) is 171 cm³/mol. The van der Waals surface area contributed by atoms with Crippen molar-refractivity contribution < 1.29 is 13.9 Å². The van der Waals surface area contributed by atoms with Crippen molar-refractivity contribution >= 4 is 57.0 Å². The van der Waals surface area contributed by atoms with Gasteiger partial charge in [0.25, 0.3) is 11.5 Å². The summed E-state index contributed by atoms with van der Waals surface area (Å²) in [5.41, 5.74) is 2.86. The molecule has 9 nitrogen and oxygen atoms in total. The number of para-hydroxylation sites is 2. The Kier molecular flexibility index (Phi) is 7.63. The SMILES string of the molecule is CN(C)c1ccc(C=Nn2c(-c3cc4ccccc4o3)nc3ccccc3c2=O)c(OCC(=O)Nc2ccc(Cl)cc2)c1. The first kappa shape index (κ1) is 27.7. The van der Waals surface area contributed by atoms with E-state index in [1.165, 1.54) is 10.9 Å². The van der Waals surface area contributed by atoms with Gasteiger partial charge in [0.1, 0.15) is 11.3 Å². The molecule has 0 unspecified atom stereocenters. The second-order valence-corrected chi connectivity index (χ2v) is 10.4. The number of aromatic nitrogens is 2. The molecule has 0 fully saturated rings. The van der Waals surface area contributed by atoms with Gasteiger partial charge < -0.3 is 19.4 Å². The number of furan rings is 1. The largest absolute Gasteiger partial charge is 0.483 e. The quantitative estimate of drug-likeness (QED) is 0.205. The van der Waals surface area contributed by atoms with Gasteiger partial charge >= 0.3 is 0 Å². The fraction of sp³-hybridized carbons (Fsp3) is 0.0909. The third kappa shape index (κ3) is 5.98. The second kappa shape index (κ2) is 11.8. The van der Waals surface area contributed by atoms with E-state index in [0.29, 0.717) is 44.3 Å². The minimum Gasteiger partial charge on any atom is -0.483 e. The van der Waals surface area contributed by atoms with Crippen LogP contribution in [0.2, 0.25) is 5.02 Å². The summed E-state index contributed by atoms with van der Waals surface area (Å²) < 4.78 is 13.2. The molecule has 1 amide bonds. The van der Waals surface area contributed by atoms with Gasteiger partial charge in [-0.3, -0.25) is 9.59 Å². The highest BCUT2D eigenvalue weighted by Crippen LogP contribution is 2.28. The average molecular weight is 592 g/mol. The second-order valence-electron chi connectivity index (χ2n) is 9.92. The van der Waals surface area contributed by atoms with Crippen molar-refractivity contribution in [2.24, 2.45) is 5.10 Å². The van der Waals surface area contributed by atoms with Crippen LogP contribution in [0.4, 0.5) is 11.4 Å². The number of rotatable bonds is 8. The van der Waals surface area contributed by atoms with Crippen LogP contribution in [-0.2, 0) is 4.79 Å². The molecule has 6 aromatic rings. The molecule has 214 valence electrons. The predicted octanol–water partition coefficient (Wildman–Crippen LogP) is 6.43. The molecule has 0 aliphatic rings. The van der Waals surface area contributed by atoms with Gasteiger partial charge in [-0.15, -0.1) is 0 Å². The van der Waals surface area contributed by atoms with Crippen molar-refractivity contribution in [2.45, 2.75) is 0 Å². The molecule has 6 rings (SSSR count). The van der Waals surface area contributed by atoms with E-state index >= 15 is 0 Å². The number of anilines is 2. The standard InChI is InChI=1S/C33H26ClN5O4/c1-38(2)25-16-11-22(29(18-25)42-20-31(40)36-24-14-12-23(34)13-15-24)19-35-39-32(30-17-21-7-3-6-10-28(21)43-30)37-27-9-5-4-8-26(27)33(39)41/h3-19H,20H2,1-2H3,(H,36,40). The number of carbonyl (C=O) groups is 1. The van der Waals surface area contributed by atoms with Crippen LogP contribution < -0.4 is 20.5 Å². The zero-order valence-corrected chi connectivity index (χ0v) is 24.1. The lowest BCUT2D eigenvalue weighted by molar-refractivity contribution is -0.118. The molecule has 0 spiro atoms. The molecule has 43 heavy (non-hydrogen) atoms. The van der Waals surface area contributed by atoms with E-state index < -0.39 is 0 Å². The minimum atomic E-state index is -0.355. The number of nitrogens with zero attached hydrogens (tertiary/aromatic N) is 4. The first-order valence-corrected chi connectivity index (χ1v) is 13.8. The molecule has 1 N–H and O–H groups in total. The van der Waals surface area contributed by atoms with E-state index in [9.17, 15) is 9.59 Å². The molecule has 0 bridgehead atoms. The van der Waals surface area contributed by atoms with Crippen LogP contribution in [0.5, 0.6) is 5.75 Å². The maximum Gasteiger partial charge on any atom is 0.282 e. The van der Waals surface area contributed by atoms with Gasteiger partial charge in [-0.05, 0) is 60.7 Å². The van der Waals surface area contributed by atoms with Crippen LogP contribution in [-0.4, -0.2) is 42.5 Å². The van der Waals surface area contributed by atoms with Gasteiger partial charge in [-0.2, -0.15) is 9.78 Å². The topological polar surface area (TPSA) is 102 Å². The summed E-state index contributed by atoms with van der Waals surface area (Å²) in [6.07, 6.45) is 1.51. The van der Waals surface area contributed by atoms with Crippen LogP contribution in [0, 0.1) is 0 Å². The molecule has 0 saturated heterocycles. The molecule has 4 aromatic carbocycles. The number of benzene rings is 4. The third-order valence-corrected chi connectivity index (χ3v) is 6.96. The van der Waals surface area contributed by atoms with Gasteiger partial charge in [0.2, 0.25) is 5.82 Å². The van der Waals surface area contributed by atoms with Crippen LogP contribution in [0.15, 0.2) is 111 Å². The molecule has 2 heterocycles. The molecular weight excluding hydrogens is 566 g/mol. The first-order chi connectivity index (χ1) is 20.9. The maximum atomic E-state index is 13.7. The lowest BCUT2D eigenvalue weighted by Gasteiger charge is -2.16. The van der Waals surface area contributed by atoms with Crippen molar-refractivity contribution in [3.05, 3.63) is 118 Å². The highest BCUT2D eigenvalue weighted by molar-refractivity contribution is 6.30. The summed E-state index contributed by atoms with van der Waals surface area (Å²) >= 11 is 5.94. The van der Waals surface area contributed by atoms with E-state index in [4.69, 9.17) is 25.7 Å². The number of hydrogen-bond donors (Lipinski definition) is 1. The van der Waals surface area contributed by atoms with Gasteiger partial charge in [0.05, 0.1) is 17.1 Å². The maximum absolute atomic E-state index is 13.7. The number of hydrogen-bond acceptors (Lipinski definition) is 7. The Morgan fingerprint density at radius 1 is 1.02 bits per heavy atom. The number of nitrogens with one attached hydrogen (secondary N) is 1. The number of fused-ring (bicyclic) bond motifs is 2. The highest BCUT2D eigenvalue weighted by atomic mass is 35.5. The van der Waals surface area contributed by atoms with E-state index in [0.717, 1.165) is 11.1 Å². The van der Waals surface area contributed by atoms with Crippen molar-refractivity contribution in [1.82, 2.24) is 9.66 Å². The number of halogens is 1. The molecular formula is C33H26ClN5O4. The van der Waals surface area contributed by atoms with E-state index in [1.54, 1.807) is 48.5 Å². The molecule has 2 aromatic heterocycles. The zero-order valence-electron chi connectivity index (χ0n) is 23.3. The monoisotopic (exact) mass is 591 g/mol. The zero-order chi connectivity index (χ0) is 29.9. The van der Waals surface area contributed by atoms with E-state index in [2.05, 4.69) is 10.4 Å². The summed E-state index contributed by atoms with van der Waals surface area (Å²) in [7, 11) is 3.81. The molecule has 0 radical (unpaired) electrons. The Morgan fingerprint density at radius 3 is 2.58 bits per heavy atom. The number of carbonyl (C=O) groups excluding carboxylic acids is 1. The summed E-state index contributed by atoms with van der Waals surface area (Å²) in [4.78, 5) is 33.0. The lowest BCUT2D eigenvalue weighted by atomic mass is 10.2. The Bertz CT molecular complexity index is 2010. The van der Waals surface area contributed by atoms with Gasteiger partial charge in [-0.1, -0.05) is 41.9 Å². The lowest BCUT2D eigenvalue weighted by Crippen LogP contribution is -2.21. The minimum absolute atomic E-state index is 0.248. The summed E-state index contributed by atoms with van der Waals surface area (Å²) in [6, 6.07) is 28.8. The number of amides is 1. The van der Waals surface area contributed by atoms with E-state index in [1.807, 2.05) is 67.5 Å². The summed E-state index contributed by atoms with van der Waals surface area (Å²) in [6.45, 7) is -0.248. The Balaban J connectivity index is 1.36. The van der Waals surface area contributed by atoms with Crippen molar-refractivity contribution in [3.63, 3.8) is 0 Å². The molecule has 0 atom stereocenters. The van der Waals surface area contributed by atoms with Gasteiger partial charge in [0, 0.05) is 47.5 Å². The van der Waals surface area contributed by atoms with Gasteiger partial charge in [0.15, 0.2) is 12.4 Å². The fourth-order valence-electron chi connectivity index (χ4n) is 4.51. The number of ether oxygens (including phenoxy) is 1. The molecule has 10 heteroatoms. The van der Waals surface area contributed by atoms with Crippen molar-refractivity contribution in [1.29, 1.82) is 0 Å². The molecule has 0 saturated carbocycles. The van der Waals surface area contributed by atoms with E-state index in [-0.39, 0.29) is 23.9 Å². The third-order valence-electron chi connectivity index (χ3n) is 6.71. The highest BCUT2D eigenvalue weighted by Gasteiger charge is 2.17. The Hall–Kier alpha value is -5.41. The molecule has 0 aliphatic heterocycles.